The van der Waals surface area contributed by atoms with Gasteiger partial charge in [-0.15, -0.1) is 0 Å². The van der Waals surface area contributed by atoms with Crippen LogP contribution in [0.5, 0.6) is 0 Å². The maximum Gasteiger partial charge on any atom is 0.316 e. The Hall–Kier alpha value is -1.12. The Morgan fingerprint density at radius 2 is 1.87 bits per heavy atom. The lowest BCUT2D eigenvalue weighted by molar-refractivity contribution is -0.146. The highest BCUT2D eigenvalue weighted by molar-refractivity contribution is 5.85. The molecule has 0 bridgehead atoms. The van der Waals surface area contributed by atoms with E-state index in [0.29, 0.717) is 36.6 Å². The van der Waals surface area contributed by atoms with E-state index in [1.54, 1.807) is 0 Å². The van der Waals surface area contributed by atoms with Crippen molar-refractivity contribution >= 4 is 11.8 Å². The fraction of sp³-hybridized carbons (Fsp3) is 0.800. The summed E-state index contributed by atoms with van der Waals surface area (Å²) in [4.78, 5) is 24.7. The summed E-state index contributed by atoms with van der Waals surface area (Å²) >= 11 is 0. The standard InChI is InChI=1S/C20H28O3/c1-18(2)15-6-5-12-10-20(4)13(11-23-17(20)22)9-14(12)19(15,3)8-7-16(18)21/h10,13-15H,5-9,11H2,1-4H3/t13-,14-,15+,19+,20-/m1/s1. The van der Waals surface area contributed by atoms with E-state index in [4.69, 9.17) is 4.74 Å². The quantitative estimate of drug-likeness (QED) is 0.502. The van der Waals surface area contributed by atoms with Crippen LogP contribution in [-0.2, 0) is 14.3 Å². The van der Waals surface area contributed by atoms with Gasteiger partial charge in [-0.3, -0.25) is 9.59 Å². The average Bonchev–Trinajstić information content (AvgIpc) is 2.77. The third kappa shape index (κ3) is 1.82. The number of ketones is 1. The molecule has 3 heteroatoms. The number of fused-ring (bicyclic) bond motifs is 4. The summed E-state index contributed by atoms with van der Waals surface area (Å²) in [6.07, 6.45) is 7.13. The van der Waals surface area contributed by atoms with Crippen LogP contribution in [-0.4, -0.2) is 18.4 Å². The molecule has 0 aromatic rings. The highest BCUT2D eigenvalue weighted by Gasteiger charge is 2.60. The second kappa shape index (κ2) is 4.49. The number of rotatable bonds is 0. The Morgan fingerprint density at radius 1 is 1.13 bits per heavy atom. The topological polar surface area (TPSA) is 43.4 Å². The fourth-order valence-electron chi connectivity index (χ4n) is 6.34. The first kappa shape index (κ1) is 15.4. The summed E-state index contributed by atoms with van der Waals surface area (Å²) in [5.74, 6) is 1.68. The molecule has 4 aliphatic rings. The van der Waals surface area contributed by atoms with Crippen molar-refractivity contribution in [3.63, 3.8) is 0 Å². The van der Waals surface area contributed by atoms with Crippen molar-refractivity contribution in [2.45, 2.75) is 59.8 Å². The van der Waals surface area contributed by atoms with Crippen molar-refractivity contribution in [3.8, 4) is 0 Å². The van der Waals surface area contributed by atoms with E-state index in [1.165, 1.54) is 5.57 Å². The molecule has 23 heavy (non-hydrogen) atoms. The SMILES string of the molecule is CC1(C)C(=O)CC[C@@]2(C)[C@@H]3C[C@@H]4COC(=O)[C@]4(C)C=C3CC[C@@H]12. The van der Waals surface area contributed by atoms with E-state index < -0.39 is 5.41 Å². The Morgan fingerprint density at radius 3 is 2.61 bits per heavy atom. The lowest BCUT2D eigenvalue weighted by atomic mass is 9.44. The monoisotopic (exact) mass is 316 g/mol. The zero-order chi connectivity index (χ0) is 16.6. The van der Waals surface area contributed by atoms with E-state index in [9.17, 15) is 9.59 Å². The molecule has 0 spiro atoms. The van der Waals surface area contributed by atoms with Gasteiger partial charge in [-0.2, -0.15) is 0 Å². The Bertz CT molecular complexity index is 616. The van der Waals surface area contributed by atoms with Gasteiger partial charge in [0.15, 0.2) is 0 Å². The van der Waals surface area contributed by atoms with Gasteiger partial charge in [0, 0.05) is 17.8 Å². The van der Waals surface area contributed by atoms with Crippen molar-refractivity contribution in [1.29, 1.82) is 0 Å². The summed E-state index contributed by atoms with van der Waals surface area (Å²) in [5, 5.41) is 0. The maximum atomic E-state index is 12.5. The Kier molecular flexibility index (Phi) is 3.01. The first-order chi connectivity index (χ1) is 10.7. The van der Waals surface area contributed by atoms with Crippen molar-refractivity contribution in [3.05, 3.63) is 11.6 Å². The molecule has 5 atom stereocenters. The predicted octanol–water partition coefficient (Wildman–Crippen LogP) is 3.92. The van der Waals surface area contributed by atoms with E-state index in [1.807, 2.05) is 0 Å². The number of cyclic esters (lactones) is 1. The van der Waals surface area contributed by atoms with Crippen LogP contribution in [0.15, 0.2) is 11.6 Å². The van der Waals surface area contributed by atoms with Crippen LogP contribution in [0, 0.1) is 34.0 Å². The molecule has 0 unspecified atom stereocenters. The minimum Gasteiger partial charge on any atom is -0.465 e. The zero-order valence-corrected chi connectivity index (χ0v) is 14.8. The van der Waals surface area contributed by atoms with Gasteiger partial charge in [-0.25, -0.2) is 0 Å². The summed E-state index contributed by atoms with van der Waals surface area (Å²) in [6.45, 7) is 9.34. The van der Waals surface area contributed by atoms with E-state index in [-0.39, 0.29) is 16.8 Å². The number of carbonyl (C=O) groups is 2. The lowest BCUT2D eigenvalue weighted by Crippen LogP contribution is -2.55. The zero-order valence-electron chi connectivity index (χ0n) is 14.8. The number of hydrogen-bond acceptors (Lipinski definition) is 3. The lowest BCUT2D eigenvalue weighted by Gasteiger charge is -2.59. The number of ether oxygens (including phenoxy) is 1. The van der Waals surface area contributed by atoms with E-state index >= 15 is 0 Å². The normalized spacial score (nSPS) is 48.0. The molecule has 1 saturated heterocycles. The number of hydrogen-bond donors (Lipinski definition) is 0. The summed E-state index contributed by atoms with van der Waals surface area (Å²) in [7, 11) is 0. The molecule has 1 aliphatic heterocycles. The minimum absolute atomic E-state index is 0.0418. The van der Waals surface area contributed by atoms with Crippen LogP contribution in [0.2, 0.25) is 0 Å². The number of esters is 1. The molecule has 2 saturated carbocycles. The van der Waals surface area contributed by atoms with Crippen molar-refractivity contribution in [2.24, 2.45) is 34.0 Å². The largest absolute Gasteiger partial charge is 0.465 e. The Balaban J connectivity index is 1.75. The first-order valence-electron chi connectivity index (χ1n) is 9.12. The molecule has 126 valence electrons. The van der Waals surface area contributed by atoms with Crippen LogP contribution in [0.4, 0.5) is 0 Å². The smallest absolute Gasteiger partial charge is 0.316 e. The van der Waals surface area contributed by atoms with Crippen LogP contribution >= 0.6 is 0 Å². The molecule has 0 aromatic heterocycles. The van der Waals surface area contributed by atoms with Gasteiger partial charge in [0.05, 0.1) is 12.0 Å². The summed E-state index contributed by atoms with van der Waals surface area (Å²) in [5.41, 5.74) is 1.04. The van der Waals surface area contributed by atoms with Gasteiger partial charge in [0.2, 0.25) is 0 Å². The fourth-order valence-corrected chi connectivity index (χ4v) is 6.34. The van der Waals surface area contributed by atoms with E-state index in [0.717, 1.165) is 25.7 Å². The molecule has 4 rings (SSSR count). The van der Waals surface area contributed by atoms with Gasteiger partial charge < -0.3 is 4.74 Å². The molecular formula is C20H28O3. The first-order valence-corrected chi connectivity index (χ1v) is 9.12. The maximum absolute atomic E-state index is 12.5. The molecule has 0 aromatic carbocycles. The number of carbonyl (C=O) groups excluding carboxylic acids is 2. The van der Waals surface area contributed by atoms with Crippen LogP contribution in [0.25, 0.3) is 0 Å². The molecule has 1 heterocycles. The molecule has 3 fully saturated rings. The van der Waals surface area contributed by atoms with Gasteiger partial charge in [-0.1, -0.05) is 32.4 Å². The van der Waals surface area contributed by atoms with Gasteiger partial charge >= 0.3 is 5.97 Å². The highest BCUT2D eigenvalue weighted by atomic mass is 16.5. The van der Waals surface area contributed by atoms with Crippen molar-refractivity contribution in [1.82, 2.24) is 0 Å². The number of Topliss-reactive ketones (excluding diaryl/α,β-unsaturated/α-hetero) is 1. The second-order valence-corrected chi connectivity index (χ2v) is 9.33. The Labute approximate surface area is 138 Å². The van der Waals surface area contributed by atoms with Gasteiger partial charge in [-0.05, 0) is 49.9 Å². The minimum atomic E-state index is -0.408. The molecular weight excluding hydrogens is 288 g/mol. The average molecular weight is 316 g/mol. The van der Waals surface area contributed by atoms with Gasteiger partial charge in [0.1, 0.15) is 5.78 Å². The number of allylic oxidation sites excluding steroid dienone is 1. The van der Waals surface area contributed by atoms with Crippen LogP contribution in [0.3, 0.4) is 0 Å². The van der Waals surface area contributed by atoms with Crippen molar-refractivity contribution in [2.75, 3.05) is 6.61 Å². The van der Waals surface area contributed by atoms with Crippen LogP contribution < -0.4 is 0 Å². The molecule has 3 nitrogen and oxygen atoms in total. The molecule has 0 radical (unpaired) electrons. The second-order valence-electron chi connectivity index (χ2n) is 9.33. The third-order valence-corrected chi connectivity index (χ3v) is 7.95. The van der Waals surface area contributed by atoms with E-state index in [2.05, 4.69) is 33.8 Å². The summed E-state index contributed by atoms with van der Waals surface area (Å²) < 4.78 is 5.40. The van der Waals surface area contributed by atoms with Gasteiger partial charge in [0.25, 0.3) is 0 Å². The highest BCUT2D eigenvalue weighted by Crippen LogP contribution is 2.64. The molecule has 0 amide bonds. The molecule has 0 N–H and O–H groups in total. The summed E-state index contributed by atoms with van der Waals surface area (Å²) in [6, 6.07) is 0. The van der Waals surface area contributed by atoms with Crippen molar-refractivity contribution < 1.29 is 14.3 Å². The molecule has 3 aliphatic carbocycles. The third-order valence-electron chi connectivity index (χ3n) is 7.95. The predicted molar refractivity (Wildman–Crippen MR) is 87.6 cm³/mol. The van der Waals surface area contributed by atoms with Crippen LogP contribution in [0.1, 0.15) is 59.8 Å².